The molecule has 1 aliphatic carbocycles. The van der Waals surface area contributed by atoms with Crippen LogP contribution in [0.2, 0.25) is 0 Å². The molecule has 0 radical (unpaired) electrons. The average molecular weight is 492 g/mol. The Bertz CT molecular complexity index is 1180. The van der Waals surface area contributed by atoms with E-state index in [4.69, 9.17) is 9.47 Å². The molecule has 8 heteroatoms. The van der Waals surface area contributed by atoms with Gasteiger partial charge in [0.25, 0.3) is 5.91 Å². The van der Waals surface area contributed by atoms with Crippen molar-refractivity contribution in [3.8, 4) is 23.5 Å². The highest BCUT2D eigenvalue weighted by Crippen LogP contribution is 2.32. The molecule has 0 spiro atoms. The zero-order chi connectivity index (χ0) is 25.8. The smallest absolute Gasteiger partial charge is 0.259 e. The first kappa shape index (κ1) is 25.5. The van der Waals surface area contributed by atoms with E-state index in [0.29, 0.717) is 30.0 Å². The Morgan fingerprint density at radius 1 is 1.31 bits per heavy atom. The minimum atomic E-state index is -0.385. The first-order chi connectivity index (χ1) is 17.3. The summed E-state index contributed by atoms with van der Waals surface area (Å²) in [7, 11) is 3.39. The van der Waals surface area contributed by atoms with Crippen LogP contribution in [-0.4, -0.2) is 77.7 Å². The predicted molar refractivity (Wildman–Crippen MR) is 135 cm³/mol. The normalized spacial score (nSPS) is 20.1. The topological polar surface area (TPSA) is 92.2 Å². The summed E-state index contributed by atoms with van der Waals surface area (Å²) in [4.78, 5) is 33.9. The number of methoxy groups -OCH3 is 1. The maximum atomic E-state index is 13.5. The minimum absolute atomic E-state index is 0.0834. The number of ether oxygens (including phenoxy) is 2. The monoisotopic (exact) mass is 491 g/mol. The number of fused-ring (bicyclic) bond motifs is 1. The zero-order valence-electron chi connectivity index (χ0n) is 21.2. The van der Waals surface area contributed by atoms with Crippen molar-refractivity contribution < 1.29 is 24.2 Å². The van der Waals surface area contributed by atoms with E-state index in [9.17, 15) is 14.7 Å². The summed E-state index contributed by atoms with van der Waals surface area (Å²) in [5.41, 5.74) is 1.63. The minimum Gasteiger partial charge on any atom is -0.497 e. The first-order valence-corrected chi connectivity index (χ1v) is 12.3. The van der Waals surface area contributed by atoms with Crippen molar-refractivity contribution in [2.75, 3.05) is 33.9 Å². The summed E-state index contributed by atoms with van der Waals surface area (Å²) in [5, 5.41) is 9.83. The first-order valence-electron chi connectivity index (χ1n) is 12.3. The molecule has 2 amide bonds. The highest BCUT2D eigenvalue weighted by molar-refractivity contribution is 5.97. The van der Waals surface area contributed by atoms with Crippen LogP contribution in [0.15, 0.2) is 36.5 Å². The second-order valence-electron chi connectivity index (χ2n) is 9.67. The van der Waals surface area contributed by atoms with E-state index in [0.717, 1.165) is 18.4 Å². The molecule has 1 aromatic heterocycles. The summed E-state index contributed by atoms with van der Waals surface area (Å²) in [6, 6.07) is 8.71. The number of nitrogens with zero attached hydrogens (tertiary/aromatic N) is 3. The Labute approximate surface area is 212 Å². The van der Waals surface area contributed by atoms with Crippen molar-refractivity contribution in [3.63, 3.8) is 0 Å². The molecule has 1 aromatic carbocycles. The highest BCUT2D eigenvalue weighted by Gasteiger charge is 2.37. The molecule has 8 nitrogen and oxygen atoms in total. The van der Waals surface area contributed by atoms with Gasteiger partial charge in [-0.2, -0.15) is 0 Å². The molecule has 4 rings (SSSR count). The molecular formula is C28H33N3O5. The molecular weight excluding hydrogens is 458 g/mol. The van der Waals surface area contributed by atoms with Gasteiger partial charge in [-0.25, -0.2) is 4.98 Å². The molecule has 2 aliphatic rings. The predicted octanol–water partition coefficient (Wildman–Crippen LogP) is 2.58. The van der Waals surface area contributed by atoms with Gasteiger partial charge in [-0.05, 0) is 44.0 Å². The van der Waals surface area contributed by atoms with Crippen molar-refractivity contribution in [2.45, 2.75) is 38.8 Å². The highest BCUT2D eigenvalue weighted by atomic mass is 16.5. The SMILES string of the molecule is COc1cccc(C#Cc2cnc3c(c2)C(=O)N([C@@H](C)CO)C[C@@H](C)[C@@H](CN(C)C(=O)C2CC2)O3)c1. The standard InChI is InChI=1S/C28H33N3O5/c1-18-15-31(19(2)17-32)28(34)24-13-21(9-8-20-6-5-7-23(12-20)35-4)14-29-26(24)36-25(18)16-30(3)27(33)22-10-11-22/h5-7,12-14,18-19,22,25,32H,10-11,15-17H2,1-4H3/t18-,19+,25-/m1/s1. The lowest BCUT2D eigenvalue weighted by atomic mass is 9.99. The van der Waals surface area contributed by atoms with Gasteiger partial charge < -0.3 is 24.4 Å². The molecule has 1 aliphatic heterocycles. The lowest BCUT2D eigenvalue weighted by Gasteiger charge is -2.37. The van der Waals surface area contributed by atoms with E-state index >= 15 is 0 Å². The van der Waals surface area contributed by atoms with E-state index in [1.165, 1.54) is 0 Å². The summed E-state index contributed by atoms with van der Waals surface area (Å²) >= 11 is 0. The Morgan fingerprint density at radius 3 is 2.75 bits per heavy atom. The molecule has 2 aromatic rings. The lowest BCUT2D eigenvalue weighted by molar-refractivity contribution is -0.132. The third-order valence-corrected chi connectivity index (χ3v) is 6.70. The number of aliphatic hydroxyl groups is 1. The van der Waals surface area contributed by atoms with Gasteiger partial charge in [-0.1, -0.05) is 24.8 Å². The number of benzene rings is 1. The van der Waals surface area contributed by atoms with Crippen molar-refractivity contribution in [3.05, 3.63) is 53.2 Å². The summed E-state index contributed by atoms with van der Waals surface area (Å²) in [5.74, 6) is 6.96. The number of aromatic nitrogens is 1. The van der Waals surface area contributed by atoms with Gasteiger partial charge in [-0.15, -0.1) is 0 Å². The van der Waals surface area contributed by atoms with Gasteiger partial charge in [0, 0.05) is 42.8 Å². The second-order valence-corrected chi connectivity index (χ2v) is 9.67. The van der Waals surface area contributed by atoms with Crippen LogP contribution in [-0.2, 0) is 4.79 Å². The van der Waals surface area contributed by atoms with E-state index in [1.54, 1.807) is 36.2 Å². The van der Waals surface area contributed by atoms with Gasteiger partial charge in [0.15, 0.2) is 0 Å². The van der Waals surface area contributed by atoms with Crippen LogP contribution < -0.4 is 9.47 Å². The second kappa shape index (κ2) is 11.0. The Hall–Kier alpha value is -3.57. The largest absolute Gasteiger partial charge is 0.497 e. The van der Waals surface area contributed by atoms with Gasteiger partial charge in [0.2, 0.25) is 11.8 Å². The fourth-order valence-electron chi connectivity index (χ4n) is 4.24. The maximum absolute atomic E-state index is 13.5. The fraction of sp³-hybridized carbons (Fsp3) is 0.464. The van der Waals surface area contributed by atoms with Crippen LogP contribution in [0.3, 0.4) is 0 Å². The number of aliphatic hydroxyl groups excluding tert-OH is 1. The van der Waals surface area contributed by atoms with Crippen LogP contribution in [0.1, 0.15) is 48.2 Å². The van der Waals surface area contributed by atoms with Gasteiger partial charge >= 0.3 is 0 Å². The number of rotatable bonds is 6. The van der Waals surface area contributed by atoms with Crippen LogP contribution in [0.4, 0.5) is 0 Å². The molecule has 190 valence electrons. The summed E-state index contributed by atoms with van der Waals surface area (Å²) in [6.07, 6.45) is 3.09. The molecule has 0 saturated heterocycles. The summed E-state index contributed by atoms with van der Waals surface area (Å²) in [6.45, 7) is 4.41. The number of pyridine rings is 1. The molecule has 36 heavy (non-hydrogen) atoms. The number of hydrogen-bond donors (Lipinski definition) is 1. The Morgan fingerprint density at radius 2 is 2.06 bits per heavy atom. The third kappa shape index (κ3) is 5.80. The number of carbonyl (C=O) groups excluding carboxylic acids is 2. The van der Waals surface area contributed by atoms with Crippen molar-refractivity contribution >= 4 is 11.8 Å². The van der Waals surface area contributed by atoms with E-state index in [2.05, 4.69) is 16.8 Å². The molecule has 0 unspecified atom stereocenters. The van der Waals surface area contributed by atoms with E-state index in [-0.39, 0.29) is 48.3 Å². The lowest BCUT2D eigenvalue weighted by Crippen LogP contribution is -2.50. The van der Waals surface area contributed by atoms with Crippen LogP contribution in [0.5, 0.6) is 11.6 Å². The number of likely N-dealkylation sites (N-methyl/N-ethyl adjacent to an activating group) is 1. The van der Waals surface area contributed by atoms with Crippen LogP contribution >= 0.6 is 0 Å². The fourth-order valence-corrected chi connectivity index (χ4v) is 4.24. The molecule has 1 N–H and O–H groups in total. The van der Waals surface area contributed by atoms with Crippen LogP contribution in [0.25, 0.3) is 0 Å². The van der Waals surface area contributed by atoms with E-state index in [1.807, 2.05) is 38.1 Å². The van der Waals surface area contributed by atoms with E-state index < -0.39 is 0 Å². The molecule has 0 bridgehead atoms. The quantitative estimate of drug-likeness (QED) is 0.625. The van der Waals surface area contributed by atoms with Gasteiger partial charge in [-0.3, -0.25) is 9.59 Å². The van der Waals surface area contributed by atoms with Gasteiger partial charge in [0.1, 0.15) is 17.4 Å². The third-order valence-electron chi connectivity index (χ3n) is 6.70. The molecule has 1 saturated carbocycles. The molecule has 3 atom stereocenters. The van der Waals surface area contributed by atoms with Crippen LogP contribution in [0, 0.1) is 23.7 Å². The Balaban J connectivity index is 1.65. The molecule has 2 heterocycles. The van der Waals surface area contributed by atoms with Gasteiger partial charge in [0.05, 0.1) is 26.3 Å². The Kier molecular flexibility index (Phi) is 7.80. The summed E-state index contributed by atoms with van der Waals surface area (Å²) < 4.78 is 11.5. The van der Waals surface area contributed by atoms with Crippen molar-refractivity contribution in [1.82, 2.24) is 14.8 Å². The average Bonchev–Trinajstić information content (AvgIpc) is 3.74. The number of amides is 2. The molecule has 1 fully saturated rings. The van der Waals surface area contributed by atoms with Crippen molar-refractivity contribution in [2.24, 2.45) is 11.8 Å². The number of carbonyl (C=O) groups is 2. The maximum Gasteiger partial charge on any atom is 0.259 e. The zero-order valence-corrected chi connectivity index (χ0v) is 21.2. The van der Waals surface area contributed by atoms with Crippen molar-refractivity contribution in [1.29, 1.82) is 0 Å². The number of hydrogen-bond acceptors (Lipinski definition) is 6.